The molecule has 1 aromatic rings. The first-order valence-electron chi connectivity index (χ1n) is 7.12. The van der Waals surface area contributed by atoms with Crippen LogP contribution in [0.15, 0.2) is 24.3 Å². The molecule has 0 unspecified atom stereocenters. The van der Waals surface area contributed by atoms with Crippen LogP contribution in [0, 0.1) is 24.1 Å². The van der Waals surface area contributed by atoms with Crippen LogP contribution in [-0.2, 0) is 4.79 Å². The van der Waals surface area contributed by atoms with E-state index >= 15 is 0 Å². The summed E-state index contributed by atoms with van der Waals surface area (Å²) < 4.78 is 13.4. The molecule has 0 saturated carbocycles. The van der Waals surface area contributed by atoms with Crippen molar-refractivity contribution in [1.29, 1.82) is 0 Å². The number of hydrogen-bond donors (Lipinski definition) is 2. The molecule has 1 fully saturated rings. The molecule has 2 N–H and O–H groups in total. The number of halogens is 1. The van der Waals surface area contributed by atoms with Crippen LogP contribution in [0.1, 0.15) is 23.2 Å². The molecule has 6 heteroatoms. The third kappa shape index (κ3) is 4.06. The Morgan fingerprint density at radius 2 is 1.95 bits per heavy atom. The van der Waals surface area contributed by atoms with Crippen molar-refractivity contribution in [2.24, 2.45) is 5.92 Å². The summed E-state index contributed by atoms with van der Waals surface area (Å²) in [7, 11) is 0. The molecule has 0 atom stereocenters. The second-order valence-corrected chi connectivity index (χ2v) is 5.18. The summed E-state index contributed by atoms with van der Waals surface area (Å²) in [5.74, 6) is 0.849. The average molecular weight is 303 g/mol. The number of nitrogens with one attached hydrogen (secondary N) is 2. The summed E-state index contributed by atoms with van der Waals surface area (Å²) in [6.07, 6.45) is 6.62. The van der Waals surface area contributed by atoms with Gasteiger partial charge in [0.15, 0.2) is 0 Å². The number of terminal acetylenes is 1. The number of hydrogen-bond acceptors (Lipinski definition) is 3. The molecule has 22 heavy (non-hydrogen) atoms. The van der Waals surface area contributed by atoms with Crippen molar-refractivity contribution in [1.82, 2.24) is 15.8 Å². The standard InChI is InChI=1S/C16H18FN3O2/c1-2-9-20-10-7-12(8-11-20)15(21)18-19-16(22)13-5-3-4-6-14(13)17/h1,3-6,12H,7-11H2,(H,18,21)(H,19,22). The van der Waals surface area contributed by atoms with E-state index in [1.165, 1.54) is 18.2 Å². The monoisotopic (exact) mass is 303 g/mol. The number of likely N-dealkylation sites (tertiary alicyclic amines) is 1. The Balaban J connectivity index is 1.80. The minimum atomic E-state index is -0.670. The zero-order chi connectivity index (χ0) is 15.9. The quantitative estimate of drug-likeness (QED) is 0.645. The SMILES string of the molecule is C#CCN1CCC(C(=O)NNC(=O)c2ccccc2F)CC1. The Morgan fingerprint density at radius 1 is 1.27 bits per heavy atom. The lowest BCUT2D eigenvalue weighted by Crippen LogP contribution is -2.47. The van der Waals surface area contributed by atoms with Gasteiger partial charge < -0.3 is 0 Å². The molecular weight excluding hydrogens is 285 g/mol. The summed E-state index contributed by atoms with van der Waals surface area (Å²) in [6.45, 7) is 2.09. The smallest absolute Gasteiger partial charge is 0.272 e. The van der Waals surface area contributed by atoms with Crippen LogP contribution in [0.4, 0.5) is 4.39 Å². The number of piperidine rings is 1. The van der Waals surface area contributed by atoms with Crippen LogP contribution in [-0.4, -0.2) is 36.3 Å². The fraction of sp³-hybridized carbons (Fsp3) is 0.375. The van der Waals surface area contributed by atoms with Gasteiger partial charge in [-0.2, -0.15) is 0 Å². The van der Waals surface area contributed by atoms with E-state index in [0.717, 1.165) is 13.1 Å². The third-order valence-electron chi connectivity index (χ3n) is 3.69. The maximum absolute atomic E-state index is 13.4. The highest BCUT2D eigenvalue weighted by molar-refractivity contribution is 5.95. The predicted octanol–water partition coefficient (Wildman–Crippen LogP) is 0.932. The number of benzene rings is 1. The summed E-state index contributed by atoms with van der Waals surface area (Å²) in [6, 6.07) is 5.60. The first-order chi connectivity index (χ1) is 10.6. The number of nitrogens with zero attached hydrogens (tertiary/aromatic N) is 1. The molecule has 0 aromatic heterocycles. The lowest BCUT2D eigenvalue weighted by atomic mass is 9.96. The molecule has 1 aromatic carbocycles. The Bertz CT molecular complexity index is 589. The lowest BCUT2D eigenvalue weighted by Gasteiger charge is -2.29. The van der Waals surface area contributed by atoms with Gasteiger partial charge in [-0.15, -0.1) is 6.42 Å². The van der Waals surface area contributed by atoms with Crippen LogP contribution >= 0.6 is 0 Å². The second-order valence-electron chi connectivity index (χ2n) is 5.18. The molecule has 116 valence electrons. The van der Waals surface area contributed by atoms with E-state index in [-0.39, 0.29) is 17.4 Å². The van der Waals surface area contributed by atoms with Crippen molar-refractivity contribution >= 4 is 11.8 Å². The van der Waals surface area contributed by atoms with E-state index < -0.39 is 11.7 Å². The Kier molecular flexibility index (Phi) is 5.50. The largest absolute Gasteiger partial charge is 0.292 e. The Hall–Kier alpha value is -2.39. The van der Waals surface area contributed by atoms with Gasteiger partial charge in [0.25, 0.3) is 5.91 Å². The summed E-state index contributed by atoms with van der Waals surface area (Å²) >= 11 is 0. The molecule has 0 aliphatic carbocycles. The number of carbonyl (C=O) groups is 2. The number of rotatable bonds is 3. The Morgan fingerprint density at radius 3 is 2.59 bits per heavy atom. The number of amides is 2. The van der Waals surface area contributed by atoms with E-state index in [1.807, 2.05) is 0 Å². The van der Waals surface area contributed by atoms with Crippen molar-refractivity contribution in [2.45, 2.75) is 12.8 Å². The van der Waals surface area contributed by atoms with Gasteiger partial charge in [0.2, 0.25) is 5.91 Å². The molecule has 1 heterocycles. The fourth-order valence-corrected chi connectivity index (χ4v) is 2.42. The lowest BCUT2D eigenvalue weighted by molar-refractivity contribution is -0.127. The van der Waals surface area contributed by atoms with E-state index in [1.54, 1.807) is 6.07 Å². The van der Waals surface area contributed by atoms with Crippen LogP contribution in [0.2, 0.25) is 0 Å². The van der Waals surface area contributed by atoms with Crippen molar-refractivity contribution in [3.05, 3.63) is 35.6 Å². The second kappa shape index (κ2) is 7.57. The van der Waals surface area contributed by atoms with Gasteiger partial charge in [0.1, 0.15) is 5.82 Å². The molecule has 1 aliphatic heterocycles. The highest BCUT2D eigenvalue weighted by Crippen LogP contribution is 2.16. The first-order valence-corrected chi connectivity index (χ1v) is 7.12. The predicted molar refractivity (Wildman–Crippen MR) is 80.0 cm³/mol. The van der Waals surface area contributed by atoms with Crippen LogP contribution in [0.3, 0.4) is 0 Å². The van der Waals surface area contributed by atoms with Gasteiger partial charge >= 0.3 is 0 Å². The molecule has 2 amide bonds. The minimum absolute atomic E-state index is 0.105. The number of carbonyl (C=O) groups excluding carboxylic acids is 2. The average Bonchev–Trinajstić information content (AvgIpc) is 2.54. The molecule has 0 bridgehead atoms. The Labute approximate surface area is 128 Å². The molecule has 1 aliphatic rings. The summed E-state index contributed by atoms with van der Waals surface area (Å²) in [4.78, 5) is 25.9. The van der Waals surface area contributed by atoms with Crippen molar-refractivity contribution in [3.63, 3.8) is 0 Å². The zero-order valence-corrected chi connectivity index (χ0v) is 12.1. The maximum Gasteiger partial charge on any atom is 0.272 e. The zero-order valence-electron chi connectivity index (χ0n) is 12.1. The highest BCUT2D eigenvalue weighted by Gasteiger charge is 2.25. The van der Waals surface area contributed by atoms with E-state index in [4.69, 9.17) is 6.42 Å². The summed E-state index contributed by atoms with van der Waals surface area (Å²) in [5, 5.41) is 0. The van der Waals surface area contributed by atoms with Gasteiger partial charge in [-0.3, -0.25) is 25.3 Å². The first kappa shape index (κ1) is 16.0. The number of hydrazine groups is 1. The maximum atomic E-state index is 13.4. The van der Waals surface area contributed by atoms with Crippen LogP contribution in [0.5, 0.6) is 0 Å². The molecule has 5 nitrogen and oxygen atoms in total. The van der Waals surface area contributed by atoms with Gasteiger partial charge in [-0.1, -0.05) is 18.1 Å². The minimum Gasteiger partial charge on any atom is -0.292 e. The third-order valence-corrected chi connectivity index (χ3v) is 3.69. The van der Waals surface area contributed by atoms with E-state index in [9.17, 15) is 14.0 Å². The molecule has 1 saturated heterocycles. The van der Waals surface area contributed by atoms with Crippen molar-refractivity contribution in [3.8, 4) is 12.3 Å². The summed E-state index contributed by atoms with van der Waals surface area (Å²) in [5.41, 5.74) is 4.50. The van der Waals surface area contributed by atoms with Gasteiger partial charge in [0.05, 0.1) is 12.1 Å². The van der Waals surface area contributed by atoms with E-state index in [2.05, 4.69) is 21.7 Å². The van der Waals surface area contributed by atoms with Gasteiger partial charge in [-0.05, 0) is 38.1 Å². The normalized spacial score (nSPS) is 15.8. The van der Waals surface area contributed by atoms with Crippen LogP contribution < -0.4 is 10.9 Å². The van der Waals surface area contributed by atoms with Crippen molar-refractivity contribution < 1.29 is 14.0 Å². The fourth-order valence-electron chi connectivity index (χ4n) is 2.42. The van der Waals surface area contributed by atoms with Crippen molar-refractivity contribution in [2.75, 3.05) is 19.6 Å². The topological polar surface area (TPSA) is 61.4 Å². The highest BCUT2D eigenvalue weighted by atomic mass is 19.1. The molecule has 2 rings (SSSR count). The van der Waals surface area contributed by atoms with Gasteiger partial charge in [-0.25, -0.2) is 4.39 Å². The van der Waals surface area contributed by atoms with E-state index in [0.29, 0.717) is 19.4 Å². The molecule has 0 spiro atoms. The molecular formula is C16H18FN3O2. The van der Waals surface area contributed by atoms with Crippen LogP contribution in [0.25, 0.3) is 0 Å². The molecule has 0 radical (unpaired) electrons. The van der Waals surface area contributed by atoms with Gasteiger partial charge in [0, 0.05) is 5.92 Å².